The van der Waals surface area contributed by atoms with E-state index in [-0.39, 0.29) is 11.5 Å². The minimum absolute atomic E-state index is 0.266. The molecule has 0 heterocycles. The predicted octanol–water partition coefficient (Wildman–Crippen LogP) is 4.50. The van der Waals surface area contributed by atoms with Gasteiger partial charge in [-0.2, -0.15) is 0 Å². The number of carbonyl (C=O) groups excluding carboxylic acids is 1. The van der Waals surface area contributed by atoms with E-state index in [1.165, 1.54) is 0 Å². The summed E-state index contributed by atoms with van der Waals surface area (Å²) in [5, 5.41) is 0. The number of ketones is 1. The van der Waals surface area contributed by atoms with Crippen LogP contribution in [0.2, 0.25) is 0 Å². The zero-order valence-electron chi connectivity index (χ0n) is 10.9. The van der Waals surface area contributed by atoms with Gasteiger partial charge in [-0.15, -0.1) is 0 Å². The van der Waals surface area contributed by atoms with E-state index >= 15 is 0 Å². The van der Waals surface area contributed by atoms with Gasteiger partial charge in [-0.05, 0) is 30.9 Å². The average Bonchev–Trinajstić information content (AvgIpc) is 2.44. The number of benzene rings is 1. The molecule has 2 atom stereocenters. The molecule has 19 heavy (non-hydrogen) atoms. The van der Waals surface area contributed by atoms with Crippen LogP contribution in [0.25, 0.3) is 0 Å². The summed E-state index contributed by atoms with van der Waals surface area (Å²) in [5.41, 5.74) is -0.319. The number of carbonyl (C=O) groups is 1. The molecule has 1 aliphatic carbocycles. The maximum absolute atomic E-state index is 13.6. The second-order valence-corrected chi connectivity index (χ2v) is 5.22. The fourth-order valence-corrected chi connectivity index (χ4v) is 2.84. The van der Waals surface area contributed by atoms with Gasteiger partial charge in [0.25, 0.3) is 0 Å². The second-order valence-electron chi connectivity index (χ2n) is 5.22. The molecule has 1 aliphatic rings. The Balaban J connectivity index is 2.22. The molecule has 0 bridgehead atoms. The summed E-state index contributed by atoms with van der Waals surface area (Å²) in [6.45, 7) is 2.07. The molecule has 1 aromatic rings. The van der Waals surface area contributed by atoms with Crippen molar-refractivity contribution in [2.45, 2.75) is 39.0 Å². The molecule has 4 heteroatoms. The number of rotatable bonds is 3. The van der Waals surface area contributed by atoms with Gasteiger partial charge in [0.15, 0.2) is 23.2 Å². The van der Waals surface area contributed by atoms with Crippen molar-refractivity contribution >= 4 is 5.78 Å². The maximum atomic E-state index is 13.6. The van der Waals surface area contributed by atoms with Crippen molar-refractivity contribution in [3.8, 4) is 0 Å². The van der Waals surface area contributed by atoms with Crippen LogP contribution in [-0.2, 0) is 0 Å². The molecule has 0 radical (unpaired) electrons. The van der Waals surface area contributed by atoms with Crippen molar-refractivity contribution in [2.75, 3.05) is 0 Å². The van der Waals surface area contributed by atoms with Gasteiger partial charge in [0.2, 0.25) is 0 Å². The highest BCUT2D eigenvalue weighted by Gasteiger charge is 2.29. The summed E-state index contributed by atoms with van der Waals surface area (Å²) in [7, 11) is 0. The molecule has 0 N–H and O–H groups in total. The smallest absolute Gasteiger partial charge is 0.195 e. The van der Waals surface area contributed by atoms with Crippen LogP contribution in [0.3, 0.4) is 0 Å². The number of halogens is 3. The van der Waals surface area contributed by atoms with Crippen LogP contribution in [-0.4, -0.2) is 5.78 Å². The number of Topliss-reactive ketones (excluding diaryl/α,β-unsaturated/α-hetero) is 1. The van der Waals surface area contributed by atoms with Crippen LogP contribution in [0, 0.1) is 29.3 Å². The molecular formula is C15H17F3O. The molecule has 2 unspecified atom stereocenters. The summed E-state index contributed by atoms with van der Waals surface area (Å²) in [6.07, 6.45) is 4.42. The van der Waals surface area contributed by atoms with Gasteiger partial charge in [0.05, 0.1) is 5.56 Å². The van der Waals surface area contributed by atoms with E-state index in [4.69, 9.17) is 0 Å². The molecule has 1 saturated carbocycles. The zero-order valence-corrected chi connectivity index (χ0v) is 10.9. The van der Waals surface area contributed by atoms with Crippen molar-refractivity contribution in [1.29, 1.82) is 0 Å². The van der Waals surface area contributed by atoms with Gasteiger partial charge < -0.3 is 0 Å². The molecule has 0 saturated heterocycles. The van der Waals surface area contributed by atoms with Gasteiger partial charge in [-0.3, -0.25) is 4.79 Å². The standard InChI is InChI=1S/C15H17F3O/c1-2-9-4-3-5-10(8-9)15(19)11-6-7-12(16)14(18)13(11)17/h6-7,9-10H,2-5,8H2,1H3. The lowest BCUT2D eigenvalue weighted by Crippen LogP contribution is -2.24. The van der Waals surface area contributed by atoms with Gasteiger partial charge in [-0.1, -0.05) is 26.2 Å². The van der Waals surface area contributed by atoms with E-state index in [0.717, 1.165) is 31.4 Å². The molecule has 1 nitrogen and oxygen atoms in total. The Morgan fingerprint density at radius 1 is 1.21 bits per heavy atom. The molecule has 1 aromatic carbocycles. The van der Waals surface area contributed by atoms with Crippen LogP contribution >= 0.6 is 0 Å². The Labute approximate surface area is 110 Å². The van der Waals surface area contributed by atoms with Crippen LogP contribution in [0.4, 0.5) is 13.2 Å². The first-order valence-corrected chi connectivity index (χ1v) is 6.72. The van der Waals surface area contributed by atoms with E-state index in [1.807, 2.05) is 0 Å². The van der Waals surface area contributed by atoms with E-state index in [1.54, 1.807) is 0 Å². The van der Waals surface area contributed by atoms with Gasteiger partial charge in [0.1, 0.15) is 0 Å². The van der Waals surface area contributed by atoms with Gasteiger partial charge >= 0.3 is 0 Å². The predicted molar refractivity (Wildman–Crippen MR) is 66.4 cm³/mol. The monoisotopic (exact) mass is 270 g/mol. The lowest BCUT2D eigenvalue weighted by atomic mass is 9.77. The third-order valence-corrected chi connectivity index (χ3v) is 4.03. The minimum Gasteiger partial charge on any atom is -0.294 e. The topological polar surface area (TPSA) is 17.1 Å². The Hall–Kier alpha value is -1.32. The molecule has 104 valence electrons. The van der Waals surface area contributed by atoms with E-state index in [9.17, 15) is 18.0 Å². The van der Waals surface area contributed by atoms with Crippen molar-refractivity contribution < 1.29 is 18.0 Å². The highest BCUT2D eigenvalue weighted by atomic mass is 19.2. The lowest BCUT2D eigenvalue weighted by molar-refractivity contribution is 0.0856. The summed E-state index contributed by atoms with van der Waals surface area (Å²) >= 11 is 0. The van der Waals surface area contributed by atoms with Crippen LogP contribution in [0.15, 0.2) is 12.1 Å². The number of hydrogen-bond donors (Lipinski definition) is 0. The van der Waals surface area contributed by atoms with Crippen molar-refractivity contribution in [3.63, 3.8) is 0 Å². The normalized spacial score (nSPS) is 23.4. The highest BCUT2D eigenvalue weighted by molar-refractivity contribution is 5.98. The minimum atomic E-state index is -1.56. The third-order valence-electron chi connectivity index (χ3n) is 4.03. The van der Waals surface area contributed by atoms with E-state index in [0.29, 0.717) is 18.8 Å². The quantitative estimate of drug-likeness (QED) is 0.583. The van der Waals surface area contributed by atoms with Crippen molar-refractivity contribution in [2.24, 2.45) is 11.8 Å². The molecule has 0 spiro atoms. The van der Waals surface area contributed by atoms with Crippen LogP contribution in [0.5, 0.6) is 0 Å². The summed E-state index contributed by atoms with van der Waals surface area (Å²) in [6, 6.07) is 1.86. The molecule has 2 rings (SSSR count). The van der Waals surface area contributed by atoms with E-state index < -0.39 is 23.2 Å². The zero-order chi connectivity index (χ0) is 14.0. The Bertz CT molecular complexity index is 485. The molecule has 1 fully saturated rings. The number of hydrogen-bond acceptors (Lipinski definition) is 1. The summed E-state index contributed by atoms with van der Waals surface area (Å²) in [5.74, 6) is -4.37. The Kier molecular flexibility index (Phi) is 4.27. The molecule has 0 aliphatic heterocycles. The first-order chi connectivity index (χ1) is 9.04. The van der Waals surface area contributed by atoms with Gasteiger partial charge in [0, 0.05) is 5.92 Å². The second kappa shape index (κ2) is 5.76. The highest BCUT2D eigenvalue weighted by Crippen LogP contribution is 2.33. The van der Waals surface area contributed by atoms with Crippen molar-refractivity contribution in [3.05, 3.63) is 35.1 Å². The summed E-state index contributed by atoms with van der Waals surface area (Å²) in [4.78, 5) is 12.2. The van der Waals surface area contributed by atoms with E-state index in [2.05, 4.69) is 6.92 Å². The third kappa shape index (κ3) is 2.82. The SMILES string of the molecule is CCC1CCCC(C(=O)c2ccc(F)c(F)c2F)C1. The first-order valence-electron chi connectivity index (χ1n) is 6.72. The Morgan fingerprint density at radius 2 is 1.95 bits per heavy atom. The van der Waals surface area contributed by atoms with Crippen LogP contribution in [0.1, 0.15) is 49.4 Å². The fourth-order valence-electron chi connectivity index (χ4n) is 2.84. The Morgan fingerprint density at radius 3 is 2.63 bits per heavy atom. The largest absolute Gasteiger partial charge is 0.294 e. The van der Waals surface area contributed by atoms with Crippen molar-refractivity contribution in [1.82, 2.24) is 0 Å². The molecule has 0 aromatic heterocycles. The lowest BCUT2D eigenvalue weighted by Gasteiger charge is -2.27. The van der Waals surface area contributed by atoms with Gasteiger partial charge in [-0.25, -0.2) is 13.2 Å². The molecule has 0 amide bonds. The summed E-state index contributed by atoms with van der Waals surface area (Å²) < 4.78 is 39.6. The average molecular weight is 270 g/mol. The maximum Gasteiger partial charge on any atom is 0.195 e. The molecular weight excluding hydrogens is 253 g/mol. The van der Waals surface area contributed by atoms with Crippen LogP contribution < -0.4 is 0 Å². The fraction of sp³-hybridized carbons (Fsp3) is 0.533. The first kappa shape index (κ1) is 14.1.